The first-order valence-electron chi connectivity index (χ1n) is 3.12. The lowest BCUT2D eigenvalue weighted by atomic mass is 10.4. The molecule has 0 aliphatic rings. The number of unbranched alkanes of at least 4 members (excludes halogenated alkanes) is 1. The third-order valence-electron chi connectivity index (χ3n) is 0.807. The van der Waals surface area contributed by atoms with Crippen LogP contribution in [0.25, 0.3) is 0 Å². The summed E-state index contributed by atoms with van der Waals surface area (Å²) in [5.41, 5.74) is 10.0. The van der Waals surface area contributed by atoms with Gasteiger partial charge in [0.25, 0.3) is 7.59 Å². The lowest BCUT2D eigenvalue weighted by Crippen LogP contribution is -2.16. The second-order valence-corrected chi connectivity index (χ2v) is 4.85. The van der Waals surface area contributed by atoms with Crippen LogP contribution in [-0.4, -0.2) is 5.75 Å². The molecule has 0 saturated carbocycles. The van der Waals surface area contributed by atoms with Crippen molar-refractivity contribution >= 4 is 19.5 Å². The maximum absolute atomic E-state index is 10.6. The van der Waals surface area contributed by atoms with E-state index in [1.807, 2.05) is 0 Å². The molecule has 0 atom stereocenters. The van der Waals surface area contributed by atoms with E-state index >= 15 is 0 Å². The highest BCUT2D eigenvalue weighted by atomic mass is 32.2. The third-order valence-corrected chi connectivity index (χ3v) is 2.96. The first-order valence-corrected chi connectivity index (χ1v) is 5.95. The summed E-state index contributed by atoms with van der Waals surface area (Å²) in [6.45, 7) is 2.09. The summed E-state index contributed by atoms with van der Waals surface area (Å²) in [4.78, 5) is 0. The zero-order valence-electron chi connectivity index (χ0n) is 6.04. The Morgan fingerprint density at radius 1 is 1.60 bits per heavy atom. The highest BCUT2D eigenvalue weighted by Crippen LogP contribution is 2.22. The number of hydrogen-bond donors (Lipinski definition) is 3. The maximum Gasteiger partial charge on any atom is 0.283 e. The summed E-state index contributed by atoms with van der Waals surface area (Å²) in [5.74, 6) is 0.898. The van der Waals surface area contributed by atoms with Gasteiger partial charge in [-0.05, 0) is 6.42 Å². The monoisotopic (exact) mass is 183 g/mol. The molecule has 62 valence electrons. The molecule has 0 aromatic heterocycles. The molecule has 5 N–H and O–H groups in total. The van der Waals surface area contributed by atoms with Gasteiger partial charge in [0.15, 0.2) is 0 Å². The van der Waals surface area contributed by atoms with Gasteiger partial charge in [-0.3, -0.25) is 15.6 Å². The molecule has 0 fully saturated rings. The highest BCUT2D eigenvalue weighted by Gasteiger charge is 2.04. The molecule has 0 aromatic carbocycles. The first-order chi connectivity index (χ1) is 4.56. The van der Waals surface area contributed by atoms with Crippen LogP contribution in [0.1, 0.15) is 19.8 Å². The van der Waals surface area contributed by atoms with Crippen molar-refractivity contribution in [3.8, 4) is 0 Å². The lowest BCUT2D eigenvalue weighted by molar-refractivity contribution is 0.575. The quantitative estimate of drug-likeness (QED) is 0.337. The van der Waals surface area contributed by atoms with Crippen LogP contribution in [0.5, 0.6) is 0 Å². The molecular weight excluding hydrogens is 169 g/mol. The molecule has 0 spiro atoms. The molecule has 4 nitrogen and oxygen atoms in total. The van der Waals surface area contributed by atoms with Crippen molar-refractivity contribution in [1.29, 1.82) is 0 Å². The highest BCUT2D eigenvalue weighted by molar-refractivity contribution is 8.02. The minimum absolute atomic E-state index is 0.898. The second kappa shape index (κ2) is 5.16. The van der Waals surface area contributed by atoms with Gasteiger partial charge in [0.05, 0.1) is 0 Å². The minimum atomic E-state index is -2.99. The van der Waals surface area contributed by atoms with Crippen molar-refractivity contribution < 1.29 is 4.57 Å². The Kier molecular flexibility index (Phi) is 5.39. The van der Waals surface area contributed by atoms with Crippen molar-refractivity contribution in [2.45, 2.75) is 19.8 Å². The van der Waals surface area contributed by atoms with Gasteiger partial charge in [-0.2, -0.15) is 4.49 Å². The number of nitrogens with two attached hydrogens (primary N) is 2. The van der Waals surface area contributed by atoms with Crippen LogP contribution in [0.2, 0.25) is 0 Å². The largest absolute Gasteiger partial charge is 0.283 e. The van der Waals surface area contributed by atoms with E-state index in [-0.39, 0.29) is 0 Å². The van der Waals surface area contributed by atoms with Crippen LogP contribution < -0.4 is 15.5 Å². The average Bonchev–Trinajstić information content (AvgIpc) is 1.78. The summed E-state index contributed by atoms with van der Waals surface area (Å²) in [6.07, 6.45) is 2.20. The Bertz CT molecular complexity index is 126. The van der Waals surface area contributed by atoms with Crippen LogP contribution in [0.15, 0.2) is 0 Å². The fourth-order valence-corrected chi connectivity index (χ4v) is 1.97. The molecule has 0 rings (SSSR count). The van der Waals surface area contributed by atoms with Crippen LogP contribution in [0.4, 0.5) is 0 Å². The molecule has 0 bridgehead atoms. The Morgan fingerprint density at radius 2 is 2.20 bits per heavy atom. The Morgan fingerprint density at radius 3 is 2.60 bits per heavy atom. The van der Waals surface area contributed by atoms with Gasteiger partial charge in [0, 0.05) is 5.75 Å². The number of nitrogens with one attached hydrogen (secondary N) is 1. The molecule has 6 heteroatoms. The van der Waals surface area contributed by atoms with Crippen molar-refractivity contribution in [2.24, 2.45) is 11.0 Å². The molecule has 10 heavy (non-hydrogen) atoms. The van der Waals surface area contributed by atoms with Crippen LogP contribution in [0, 0.1) is 0 Å². The van der Waals surface area contributed by atoms with Crippen molar-refractivity contribution in [1.82, 2.24) is 4.49 Å². The van der Waals surface area contributed by atoms with E-state index in [2.05, 4.69) is 11.4 Å². The molecular formula is C4H14N3OPS. The molecule has 0 radical (unpaired) electrons. The summed E-state index contributed by atoms with van der Waals surface area (Å²) in [7, 11) is -2.99. The molecule has 0 saturated heterocycles. The van der Waals surface area contributed by atoms with Crippen LogP contribution in [0.3, 0.4) is 0 Å². The normalized spacial score (nSPS) is 11.9. The SMILES string of the molecule is CCCCSNP(N)(N)=O. The zero-order chi connectivity index (χ0) is 8.04. The van der Waals surface area contributed by atoms with E-state index in [1.165, 1.54) is 11.9 Å². The van der Waals surface area contributed by atoms with Gasteiger partial charge in [-0.1, -0.05) is 25.3 Å². The zero-order valence-corrected chi connectivity index (χ0v) is 7.75. The van der Waals surface area contributed by atoms with Crippen LogP contribution >= 0.6 is 19.5 Å². The van der Waals surface area contributed by atoms with E-state index in [0.717, 1.165) is 18.6 Å². The summed E-state index contributed by atoms with van der Waals surface area (Å²) in [5, 5.41) is 0. The van der Waals surface area contributed by atoms with Crippen molar-refractivity contribution in [3.05, 3.63) is 0 Å². The molecule has 0 aliphatic carbocycles. The Hall–Kier alpha value is 0.460. The summed E-state index contributed by atoms with van der Waals surface area (Å²) >= 11 is 1.32. The summed E-state index contributed by atoms with van der Waals surface area (Å²) < 4.78 is 13.1. The van der Waals surface area contributed by atoms with Crippen LogP contribution in [-0.2, 0) is 4.57 Å². The molecule has 0 heterocycles. The van der Waals surface area contributed by atoms with E-state index in [9.17, 15) is 4.57 Å². The predicted octanol–water partition coefficient (Wildman–Crippen LogP) is 1.05. The fraction of sp³-hybridized carbons (Fsp3) is 1.00. The Balaban J connectivity index is 3.13. The van der Waals surface area contributed by atoms with Crippen molar-refractivity contribution in [3.63, 3.8) is 0 Å². The topological polar surface area (TPSA) is 81.1 Å². The van der Waals surface area contributed by atoms with E-state index in [4.69, 9.17) is 11.0 Å². The molecule has 0 amide bonds. The maximum atomic E-state index is 10.6. The van der Waals surface area contributed by atoms with Gasteiger partial charge < -0.3 is 0 Å². The smallest absolute Gasteiger partial charge is 0.271 e. The predicted molar refractivity (Wildman–Crippen MR) is 46.5 cm³/mol. The number of rotatable bonds is 5. The lowest BCUT2D eigenvalue weighted by Gasteiger charge is -2.06. The average molecular weight is 183 g/mol. The van der Waals surface area contributed by atoms with E-state index < -0.39 is 7.59 Å². The van der Waals surface area contributed by atoms with Gasteiger partial charge in [-0.15, -0.1) is 0 Å². The van der Waals surface area contributed by atoms with Gasteiger partial charge >= 0.3 is 0 Å². The second-order valence-electron chi connectivity index (χ2n) is 2.00. The molecule has 0 unspecified atom stereocenters. The van der Waals surface area contributed by atoms with Gasteiger partial charge in [0.1, 0.15) is 0 Å². The van der Waals surface area contributed by atoms with Crippen molar-refractivity contribution in [2.75, 3.05) is 5.75 Å². The first kappa shape index (κ1) is 10.5. The number of hydrogen-bond acceptors (Lipinski definition) is 2. The fourth-order valence-electron chi connectivity index (χ4n) is 0.363. The minimum Gasteiger partial charge on any atom is -0.271 e. The van der Waals surface area contributed by atoms with Gasteiger partial charge in [0.2, 0.25) is 0 Å². The van der Waals surface area contributed by atoms with Gasteiger partial charge in [-0.25, -0.2) is 0 Å². The standard InChI is InChI=1S/C4H14N3OPS/c1-2-3-4-10-7-9(5,6)8/h2-4H2,1H3,(H5,5,6,7,8). The van der Waals surface area contributed by atoms with E-state index in [0.29, 0.717) is 0 Å². The third kappa shape index (κ3) is 8.46. The molecule has 0 aliphatic heterocycles. The van der Waals surface area contributed by atoms with E-state index in [1.54, 1.807) is 0 Å². The molecule has 0 aromatic rings. The summed E-state index contributed by atoms with van der Waals surface area (Å²) in [6, 6.07) is 0. The Labute approximate surface area is 65.8 Å².